The van der Waals surface area contributed by atoms with Gasteiger partial charge in [-0.3, -0.25) is 4.68 Å². The Balaban J connectivity index is 2.18. The lowest BCUT2D eigenvalue weighted by Gasteiger charge is -2.39. The van der Waals surface area contributed by atoms with Gasteiger partial charge in [0.05, 0.1) is 6.10 Å². The largest absolute Gasteiger partial charge is 0.393 e. The van der Waals surface area contributed by atoms with Crippen molar-refractivity contribution in [2.45, 2.75) is 25.4 Å². The van der Waals surface area contributed by atoms with Crippen molar-refractivity contribution in [3.8, 4) is 0 Å². The molecule has 2 rings (SSSR count). The van der Waals surface area contributed by atoms with Crippen LogP contribution in [0.15, 0.2) is 12.3 Å². The van der Waals surface area contributed by atoms with Gasteiger partial charge in [0.15, 0.2) is 0 Å². The van der Waals surface area contributed by atoms with Crippen LogP contribution in [0.4, 0.5) is 0 Å². The molecule has 0 saturated heterocycles. The topological polar surface area (TPSA) is 38.1 Å². The summed E-state index contributed by atoms with van der Waals surface area (Å²) in [7, 11) is 1.95. The van der Waals surface area contributed by atoms with Crippen LogP contribution in [0.2, 0.25) is 0 Å². The molecule has 0 spiro atoms. The Labute approximate surface area is 72.0 Å². The molecule has 1 aliphatic carbocycles. The molecule has 66 valence electrons. The molecule has 1 fully saturated rings. The van der Waals surface area contributed by atoms with E-state index >= 15 is 0 Å². The van der Waals surface area contributed by atoms with Crippen molar-refractivity contribution in [2.24, 2.45) is 13.0 Å². The second kappa shape index (κ2) is 2.59. The maximum atomic E-state index is 9.35. The first-order chi connectivity index (χ1) is 5.70. The summed E-state index contributed by atoms with van der Waals surface area (Å²) >= 11 is 0. The lowest BCUT2D eigenvalue weighted by Crippen LogP contribution is -2.38. The normalized spacial score (nSPS) is 34.8. The maximum absolute atomic E-state index is 9.35. The van der Waals surface area contributed by atoms with E-state index in [-0.39, 0.29) is 6.10 Å². The molecule has 3 heteroatoms. The molecule has 1 heterocycles. The van der Waals surface area contributed by atoms with E-state index in [4.69, 9.17) is 0 Å². The number of aryl methyl sites for hydroxylation is 1. The van der Waals surface area contributed by atoms with Gasteiger partial charge in [-0.05, 0) is 18.4 Å². The summed E-state index contributed by atoms with van der Waals surface area (Å²) in [6, 6.07) is 2.03. The number of aliphatic hydroxyl groups is 1. The number of hydrogen-bond acceptors (Lipinski definition) is 2. The van der Waals surface area contributed by atoms with Gasteiger partial charge in [0.2, 0.25) is 0 Å². The minimum absolute atomic E-state index is 0.107. The smallest absolute Gasteiger partial charge is 0.0578 e. The monoisotopic (exact) mass is 166 g/mol. The average molecular weight is 166 g/mol. The molecule has 1 aliphatic rings. The summed E-state index contributed by atoms with van der Waals surface area (Å²) in [5.74, 6) is 0.896. The molecular formula is C9H14N2O. The van der Waals surface area contributed by atoms with E-state index in [1.165, 1.54) is 5.69 Å². The first kappa shape index (κ1) is 7.80. The molecule has 3 unspecified atom stereocenters. The Hall–Kier alpha value is -0.830. The van der Waals surface area contributed by atoms with Gasteiger partial charge in [-0.2, -0.15) is 5.10 Å². The van der Waals surface area contributed by atoms with Gasteiger partial charge >= 0.3 is 0 Å². The van der Waals surface area contributed by atoms with Gasteiger partial charge in [0, 0.05) is 24.9 Å². The molecule has 0 bridgehead atoms. The highest BCUT2D eigenvalue weighted by Crippen LogP contribution is 2.41. The maximum Gasteiger partial charge on any atom is 0.0578 e. The predicted octanol–water partition coefficient (Wildman–Crippen LogP) is 0.904. The van der Waals surface area contributed by atoms with Crippen molar-refractivity contribution in [3.05, 3.63) is 18.0 Å². The fourth-order valence-electron chi connectivity index (χ4n) is 1.90. The molecule has 12 heavy (non-hydrogen) atoms. The van der Waals surface area contributed by atoms with Crippen LogP contribution < -0.4 is 0 Å². The summed E-state index contributed by atoms with van der Waals surface area (Å²) in [5.41, 5.74) is 1.24. The third-order valence-corrected chi connectivity index (χ3v) is 2.98. The Kier molecular flexibility index (Phi) is 1.68. The SMILES string of the molecule is CC1C(O)CC1c1ccnn1C. The molecule has 1 aromatic heterocycles. The highest BCUT2D eigenvalue weighted by Gasteiger charge is 2.38. The Morgan fingerprint density at radius 1 is 1.67 bits per heavy atom. The van der Waals surface area contributed by atoms with Crippen LogP contribution >= 0.6 is 0 Å². The Bertz CT molecular complexity index is 282. The van der Waals surface area contributed by atoms with Crippen LogP contribution in [0.1, 0.15) is 25.0 Å². The lowest BCUT2D eigenvalue weighted by atomic mass is 9.70. The number of aromatic nitrogens is 2. The fourth-order valence-corrected chi connectivity index (χ4v) is 1.90. The standard InChI is InChI=1S/C9H14N2O/c1-6-7(5-9(6)12)8-3-4-10-11(8)2/h3-4,6-7,9,12H,5H2,1-2H3. The Morgan fingerprint density at radius 2 is 2.42 bits per heavy atom. The first-order valence-corrected chi connectivity index (χ1v) is 4.36. The van der Waals surface area contributed by atoms with Crippen LogP contribution in [0.5, 0.6) is 0 Å². The minimum atomic E-state index is -0.107. The second-order valence-electron chi connectivity index (χ2n) is 3.65. The van der Waals surface area contributed by atoms with Crippen molar-refractivity contribution in [2.75, 3.05) is 0 Å². The number of hydrogen-bond donors (Lipinski definition) is 1. The first-order valence-electron chi connectivity index (χ1n) is 4.36. The average Bonchev–Trinajstić information content (AvgIpc) is 2.46. The zero-order valence-corrected chi connectivity index (χ0v) is 7.44. The predicted molar refractivity (Wildman–Crippen MR) is 45.7 cm³/mol. The van der Waals surface area contributed by atoms with E-state index in [2.05, 4.69) is 12.0 Å². The summed E-state index contributed by atoms with van der Waals surface area (Å²) in [4.78, 5) is 0. The zero-order chi connectivity index (χ0) is 8.72. The van der Waals surface area contributed by atoms with Crippen molar-refractivity contribution >= 4 is 0 Å². The van der Waals surface area contributed by atoms with Gasteiger partial charge in [-0.1, -0.05) is 6.92 Å². The van der Waals surface area contributed by atoms with E-state index in [1.54, 1.807) is 0 Å². The third-order valence-electron chi connectivity index (χ3n) is 2.98. The minimum Gasteiger partial charge on any atom is -0.393 e. The summed E-state index contributed by atoms with van der Waals surface area (Å²) < 4.78 is 1.90. The van der Waals surface area contributed by atoms with Gasteiger partial charge < -0.3 is 5.11 Å². The van der Waals surface area contributed by atoms with Gasteiger partial charge in [0.25, 0.3) is 0 Å². The van der Waals surface area contributed by atoms with E-state index in [9.17, 15) is 5.11 Å². The van der Waals surface area contributed by atoms with Gasteiger partial charge in [-0.15, -0.1) is 0 Å². The van der Waals surface area contributed by atoms with E-state index in [0.29, 0.717) is 11.8 Å². The molecule has 1 aromatic rings. The van der Waals surface area contributed by atoms with E-state index in [0.717, 1.165) is 6.42 Å². The number of nitrogens with zero attached hydrogens (tertiary/aromatic N) is 2. The zero-order valence-electron chi connectivity index (χ0n) is 7.44. The molecule has 3 nitrogen and oxygen atoms in total. The van der Waals surface area contributed by atoms with Gasteiger partial charge in [-0.25, -0.2) is 0 Å². The molecule has 0 aliphatic heterocycles. The van der Waals surface area contributed by atoms with Crippen LogP contribution in [-0.2, 0) is 7.05 Å². The van der Waals surface area contributed by atoms with Crippen molar-refractivity contribution in [1.82, 2.24) is 9.78 Å². The third kappa shape index (κ3) is 0.966. The molecule has 3 atom stereocenters. The van der Waals surface area contributed by atoms with E-state index < -0.39 is 0 Å². The summed E-state index contributed by atoms with van der Waals surface area (Å²) in [6.45, 7) is 2.09. The number of rotatable bonds is 1. The molecule has 0 aromatic carbocycles. The Morgan fingerprint density at radius 3 is 2.83 bits per heavy atom. The van der Waals surface area contributed by atoms with Crippen LogP contribution in [-0.4, -0.2) is 21.0 Å². The molecular weight excluding hydrogens is 152 g/mol. The highest BCUT2D eigenvalue weighted by molar-refractivity contribution is 5.14. The van der Waals surface area contributed by atoms with Crippen LogP contribution in [0.3, 0.4) is 0 Å². The molecule has 1 N–H and O–H groups in total. The summed E-state index contributed by atoms with van der Waals surface area (Å²) in [6.07, 6.45) is 2.60. The van der Waals surface area contributed by atoms with Crippen LogP contribution in [0.25, 0.3) is 0 Å². The van der Waals surface area contributed by atoms with Gasteiger partial charge in [0.1, 0.15) is 0 Å². The molecule has 0 amide bonds. The molecule has 1 saturated carbocycles. The summed E-state index contributed by atoms with van der Waals surface area (Å²) in [5, 5.41) is 13.5. The highest BCUT2D eigenvalue weighted by atomic mass is 16.3. The van der Waals surface area contributed by atoms with E-state index in [1.807, 2.05) is 24.0 Å². The lowest BCUT2D eigenvalue weighted by molar-refractivity contribution is 0.00904. The molecule has 0 radical (unpaired) electrons. The quantitative estimate of drug-likeness (QED) is 0.673. The fraction of sp³-hybridized carbons (Fsp3) is 0.667. The van der Waals surface area contributed by atoms with Crippen molar-refractivity contribution in [1.29, 1.82) is 0 Å². The van der Waals surface area contributed by atoms with Crippen molar-refractivity contribution in [3.63, 3.8) is 0 Å². The van der Waals surface area contributed by atoms with Crippen molar-refractivity contribution < 1.29 is 5.11 Å². The second-order valence-corrected chi connectivity index (χ2v) is 3.65. The van der Waals surface area contributed by atoms with Crippen LogP contribution in [0, 0.1) is 5.92 Å². The number of aliphatic hydroxyl groups excluding tert-OH is 1.